The van der Waals surface area contributed by atoms with Crippen molar-refractivity contribution >= 4 is 6.09 Å². The van der Waals surface area contributed by atoms with Crippen LogP contribution in [-0.2, 0) is 0 Å². The zero-order valence-electron chi connectivity index (χ0n) is 12.4. The van der Waals surface area contributed by atoms with E-state index in [0.717, 1.165) is 11.1 Å². The van der Waals surface area contributed by atoms with Crippen molar-refractivity contribution in [1.29, 1.82) is 0 Å². The number of carbonyl (C=O) groups is 1. The van der Waals surface area contributed by atoms with Gasteiger partial charge in [-0.2, -0.15) is 0 Å². The van der Waals surface area contributed by atoms with Gasteiger partial charge < -0.3 is 20.8 Å². The standard InChI is InChI=1S/C16H24N2O3/c1-11(18-16(20)21)12-6-8-13(9-7-12)15(19)10-17-14-4-2-3-5-14/h6-9,11,14-15,17-19H,2-5,10H2,1H3,(H,20,21)/t11-,15+/m0/s1. The molecule has 21 heavy (non-hydrogen) atoms. The lowest BCUT2D eigenvalue weighted by atomic mass is 10.0. The molecule has 1 fully saturated rings. The van der Waals surface area contributed by atoms with E-state index in [-0.39, 0.29) is 6.04 Å². The predicted octanol–water partition coefficient (Wildman–Crippen LogP) is 2.58. The Kier molecular flexibility index (Phi) is 5.59. The molecule has 1 aliphatic rings. The Hall–Kier alpha value is -1.59. The molecule has 1 aromatic carbocycles. The minimum Gasteiger partial charge on any atom is -0.465 e. The van der Waals surface area contributed by atoms with E-state index in [4.69, 9.17) is 5.11 Å². The molecule has 1 amide bonds. The van der Waals surface area contributed by atoms with Gasteiger partial charge in [-0.05, 0) is 30.9 Å². The summed E-state index contributed by atoms with van der Waals surface area (Å²) in [5.41, 5.74) is 1.74. The average Bonchev–Trinajstić information content (AvgIpc) is 2.97. The Bertz CT molecular complexity index is 455. The van der Waals surface area contributed by atoms with Crippen LogP contribution < -0.4 is 10.6 Å². The molecule has 0 heterocycles. The molecule has 0 radical (unpaired) electrons. The fourth-order valence-electron chi connectivity index (χ4n) is 2.80. The summed E-state index contributed by atoms with van der Waals surface area (Å²) in [6.07, 6.45) is 3.39. The molecule has 0 aromatic heterocycles. The highest BCUT2D eigenvalue weighted by atomic mass is 16.4. The van der Waals surface area contributed by atoms with E-state index in [2.05, 4.69) is 10.6 Å². The monoisotopic (exact) mass is 292 g/mol. The van der Waals surface area contributed by atoms with E-state index >= 15 is 0 Å². The summed E-state index contributed by atoms with van der Waals surface area (Å²) in [6, 6.07) is 7.71. The van der Waals surface area contributed by atoms with Gasteiger partial charge in [0.1, 0.15) is 0 Å². The Morgan fingerprint density at radius 2 is 1.81 bits per heavy atom. The van der Waals surface area contributed by atoms with Gasteiger partial charge in [0.15, 0.2) is 0 Å². The number of benzene rings is 1. The van der Waals surface area contributed by atoms with Crippen LogP contribution in [0, 0.1) is 0 Å². The number of amides is 1. The van der Waals surface area contributed by atoms with Gasteiger partial charge in [-0.3, -0.25) is 0 Å². The zero-order valence-corrected chi connectivity index (χ0v) is 12.4. The smallest absolute Gasteiger partial charge is 0.405 e. The van der Waals surface area contributed by atoms with Crippen molar-refractivity contribution in [1.82, 2.24) is 10.6 Å². The topological polar surface area (TPSA) is 81.6 Å². The lowest BCUT2D eigenvalue weighted by Gasteiger charge is -2.17. The van der Waals surface area contributed by atoms with Crippen molar-refractivity contribution in [3.8, 4) is 0 Å². The molecule has 1 saturated carbocycles. The third-order valence-corrected chi connectivity index (χ3v) is 4.12. The number of hydrogen-bond acceptors (Lipinski definition) is 3. The molecule has 4 N–H and O–H groups in total. The summed E-state index contributed by atoms with van der Waals surface area (Å²) < 4.78 is 0. The molecule has 116 valence electrons. The Morgan fingerprint density at radius 1 is 1.24 bits per heavy atom. The maximum Gasteiger partial charge on any atom is 0.405 e. The Balaban J connectivity index is 1.86. The van der Waals surface area contributed by atoms with Gasteiger partial charge in [-0.1, -0.05) is 37.1 Å². The van der Waals surface area contributed by atoms with Crippen LogP contribution >= 0.6 is 0 Å². The highest BCUT2D eigenvalue weighted by molar-refractivity contribution is 5.65. The van der Waals surface area contributed by atoms with Crippen LogP contribution in [0.15, 0.2) is 24.3 Å². The first kappa shape index (κ1) is 15.8. The number of hydrogen-bond donors (Lipinski definition) is 4. The van der Waals surface area contributed by atoms with E-state index in [9.17, 15) is 9.90 Å². The van der Waals surface area contributed by atoms with E-state index in [1.54, 1.807) is 6.92 Å². The molecular weight excluding hydrogens is 268 g/mol. The molecule has 1 aromatic rings. The van der Waals surface area contributed by atoms with Gasteiger partial charge >= 0.3 is 6.09 Å². The van der Waals surface area contributed by atoms with E-state index in [0.29, 0.717) is 12.6 Å². The number of nitrogens with one attached hydrogen (secondary N) is 2. The fourth-order valence-corrected chi connectivity index (χ4v) is 2.80. The molecule has 0 bridgehead atoms. The van der Waals surface area contributed by atoms with Crippen molar-refractivity contribution in [3.05, 3.63) is 35.4 Å². The normalized spacial score (nSPS) is 18.4. The molecule has 0 unspecified atom stereocenters. The molecule has 5 nitrogen and oxygen atoms in total. The van der Waals surface area contributed by atoms with Crippen molar-refractivity contribution in [2.45, 2.75) is 50.8 Å². The zero-order chi connectivity index (χ0) is 15.2. The average molecular weight is 292 g/mol. The van der Waals surface area contributed by atoms with Gasteiger partial charge in [0.05, 0.1) is 12.1 Å². The minimum atomic E-state index is -1.03. The van der Waals surface area contributed by atoms with Crippen molar-refractivity contribution in [2.24, 2.45) is 0 Å². The summed E-state index contributed by atoms with van der Waals surface area (Å²) in [6.45, 7) is 2.36. The maximum atomic E-state index is 10.6. The quantitative estimate of drug-likeness (QED) is 0.649. The molecule has 5 heteroatoms. The van der Waals surface area contributed by atoms with Gasteiger partial charge in [-0.25, -0.2) is 4.79 Å². The first-order chi connectivity index (χ1) is 10.1. The van der Waals surface area contributed by atoms with Crippen LogP contribution in [0.2, 0.25) is 0 Å². The largest absolute Gasteiger partial charge is 0.465 e. The maximum absolute atomic E-state index is 10.6. The number of aliphatic hydroxyl groups is 1. The summed E-state index contributed by atoms with van der Waals surface area (Å²) in [5.74, 6) is 0. The van der Waals surface area contributed by atoms with E-state index in [1.807, 2.05) is 24.3 Å². The van der Waals surface area contributed by atoms with Crippen LogP contribution in [0.1, 0.15) is 55.9 Å². The van der Waals surface area contributed by atoms with E-state index in [1.165, 1.54) is 25.7 Å². The van der Waals surface area contributed by atoms with Crippen LogP contribution in [0.4, 0.5) is 4.79 Å². The second-order valence-electron chi connectivity index (χ2n) is 5.74. The molecule has 2 atom stereocenters. The van der Waals surface area contributed by atoms with Crippen LogP contribution in [0.5, 0.6) is 0 Å². The summed E-state index contributed by atoms with van der Waals surface area (Å²) in [5, 5.41) is 24.7. The Labute approximate surface area is 125 Å². The summed E-state index contributed by atoms with van der Waals surface area (Å²) in [7, 11) is 0. The van der Waals surface area contributed by atoms with Gasteiger partial charge in [0, 0.05) is 12.6 Å². The molecule has 2 rings (SSSR count). The van der Waals surface area contributed by atoms with Crippen molar-refractivity contribution in [3.63, 3.8) is 0 Å². The van der Waals surface area contributed by atoms with Crippen LogP contribution in [0.25, 0.3) is 0 Å². The molecular formula is C16H24N2O3. The molecule has 0 saturated heterocycles. The number of aliphatic hydroxyl groups excluding tert-OH is 1. The van der Waals surface area contributed by atoms with Crippen molar-refractivity contribution < 1.29 is 15.0 Å². The third-order valence-electron chi connectivity index (χ3n) is 4.12. The molecule has 0 aliphatic heterocycles. The first-order valence-electron chi connectivity index (χ1n) is 7.57. The lowest BCUT2D eigenvalue weighted by molar-refractivity contribution is 0.170. The first-order valence-corrected chi connectivity index (χ1v) is 7.57. The van der Waals surface area contributed by atoms with Gasteiger partial charge in [-0.15, -0.1) is 0 Å². The van der Waals surface area contributed by atoms with Gasteiger partial charge in [0.25, 0.3) is 0 Å². The number of carboxylic acid groups (broad SMARTS) is 1. The molecule has 1 aliphatic carbocycles. The highest BCUT2D eigenvalue weighted by Crippen LogP contribution is 2.20. The lowest BCUT2D eigenvalue weighted by Crippen LogP contribution is -2.30. The van der Waals surface area contributed by atoms with E-state index < -0.39 is 12.2 Å². The van der Waals surface area contributed by atoms with Crippen LogP contribution in [-0.4, -0.2) is 28.9 Å². The second-order valence-corrected chi connectivity index (χ2v) is 5.74. The van der Waals surface area contributed by atoms with Gasteiger partial charge in [0.2, 0.25) is 0 Å². The summed E-state index contributed by atoms with van der Waals surface area (Å²) >= 11 is 0. The second kappa shape index (κ2) is 7.43. The molecule has 0 spiro atoms. The number of rotatable bonds is 6. The Morgan fingerprint density at radius 3 is 2.38 bits per heavy atom. The predicted molar refractivity (Wildman–Crippen MR) is 81.2 cm³/mol. The summed E-state index contributed by atoms with van der Waals surface area (Å²) in [4.78, 5) is 10.6. The highest BCUT2D eigenvalue weighted by Gasteiger charge is 2.16. The van der Waals surface area contributed by atoms with Crippen LogP contribution in [0.3, 0.4) is 0 Å². The van der Waals surface area contributed by atoms with Crippen molar-refractivity contribution in [2.75, 3.05) is 6.54 Å². The minimum absolute atomic E-state index is 0.259. The fraction of sp³-hybridized carbons (Fsp3) is 0.562. The SMILES string of the molecule is C[C@H](NC(=O)O)c1ccc([C@H](O)CNC2CCCC2)cc1. The third kappa shape index (κ3) is 4.72.